The van der Waals surface area contributed by atoms with Crippen LogP contribution in [0.15, 0.2) is 12.1 Å². The molecule has 0 spiro atoms. The number of halogens is 2. The lowest BCUT2D eigenvalue weighted by molar-refractivity contribution is -0.384. The molecule has 0 bridgehead atoms. The van der Waals surface area contributed by atoms with E-state index in [1.807, 2.05) is 6.92 Å². The SMILES string of the molecule is CC(N)C1CCN(c2c([N+](=O)[O-])ccc(F)c2F)CC1. The van der Waals surface area contributed by atoms with Crippen molar-refractivity contribution >= 4 is 11.4 Å². The van der Waals surface area contributed by atoms with Gasteiger partial charge in [-0.05, 0) is 31.7 Å². The highest BCUT2D eigenvalue weighted by Gasteiger charge is 2.30. The molecule has 1 unspecified atom stereocenters. The Hall–Kier alpha value is -1.76. The van der Waals surface area contributed by atoms with Gasteiger partial charge in [-0.15, -0.1) is 0 Å². The summed E-state index contributed by atoms with van der Waals surface area (Å²) in [6.45, 7) is 2.78. The smallest absolute Gasteiger partial charge is 0.295 e. The first-order valence-corrected chi connectivity index (χ1v) is 6.54. The van der Waals surface area contributed by atoms with E-state index in [0.29, 0.717) is 31.8 Å². The molecular formula is C13H17F2N3O2. The number of anilines is 1. The summed E-state index contributed by atoms with van der Waals surface area (Å²) in [5.74, 6) is -1.92. The zero-order chi connectivity index (χ0) is 14.9. The minimum absolute atomic E-state index is 0.0319. The van der Waals surface area contributed by atoms with Crippen LogP contribution in [0.1, 0.15) is 19.8 Å². The van der Waals surface area contributed by atoms with Crippen molar-refractivity contribution in [3.63, 3.8) is 0 Å². The average molecular weight is 285 g/mol. The molecule has 1 aromatic carbocycles. The van der Waals surface area contributed by atoms with Gasteiger partial charge in [0, 0.05) is 25.2 Å². The standard InChI is InChI=1S/C13H17F2N3O2/c1-8(16)9-4-6-17(7-5-9)13-11(18(19)20)3-2-10(14)12(13)15/h2-3,8-9H,4-7,16H2,1H3. The van der Waals surface area contributed by atoms with Crippen molar-refractivity contribution in [1.29, 1.82) is 0 Å². The number of nitro benzene ring substituents is 1. The van der Waals surface area contributed by atoms with E-state index in [-0.39, 0.29) is 11.7 Å². The van der Waals surface area contributed by atoms with Crippen LogP contribution >= 0.6 is 0 Å². The monoisotopic (exact) mass is 285 g/mol. The molecule has 2 rings (SSSR count). The van der Waals surface area contributed by atoms with Crippen molar-refractivity contribution < 1.29 is 13.7 Å². The van der Waals surface area contributed by atoms with Crippen molar-refractivity contribution in [3.8, 4) is 0 Å². The van der Waals surface area contributed by atoms with Crippen LogP contribution in [0.5, 0.6) is 0 Å². The maximum absolute atomic E-state index is 13.9. The topological polar surface area (TPSA) is 72.4 Å². The predicted octanol–water partition coefficient (Wildman–Crippen LogP) is 2.44. The van der Waals surface area contributed by atoms with Crippen molar-refractivity contribution in [2.24, 2.45) is 11.7 Å². The number of nitrogens with zero attached hydrogens (tertiary/aromatic N) is 2. The number of benzene rings is 1. The van der Waals surface area contributed by atoms with Gasteiger partial charge in [0.1, 0.15) is 0 Å². The van der Waals surface area contributed by atoms with Gasteiger partial charge < -0.3 is 10.6 Å². The third kappa shape index (κ3) is 2.72. The van der Waals surface area contributed by atoms with E-state index in [1.54, 1.807) is 0 Å². The number of rotatable bonds is 3. The average Bonchev–Trinajstić information content (AvgIpc) is 2.41. The molecule has 0 radical (unpaired) electrons. The molecule has 2 N–H and O–H groups in total. The van der Waals surface area contributed by atoms with Gasteiger partial charge in [-0.3, -0.25) is 10.1 Å². The van der Waals surface area contributed by atoms with Gasteiger partial charge in [-0.25, -0.2) is 8.78 Å². The molecule has 1 aromatic rings. The van der Waals surface area contributed by atoms with Gasteiger partial charge >= 0.3 is 0 Å². The summed E-state index contributed by atoms with van der Waals surface area (Å²) in [6.07, 6.45) is 1.43. The van der Waals surface area contributed by atoms with E-state index in [9.17, 15) is 18.9 Å². The van der Waals surface area contributed by atoms with Crippen LogP contribution in [0, 0.1) is 27.7 Å². The molecule has 1 atom stereocenters. The summed E-state index contributed by atoms with van der Waals surface area (Å²) in [5.41, 5.74) is 5.17. The van der Waals surface area contributed by atoms with Crippen LogP contribution < -0.4 is 10.6 Å². The number of hydrogen-bond acceptors (Lipinski definition) is 4. The molecule has 0 amide bonds. The van der Waals surface area contributed by atoms with E-state index in [2.05, 4.69) is 0 Å². The van der Waals surface area contributed by atoms with E-state index >= 15 is 0 Å². The van der Waals surface area contributed by atoms with Crippen LogP contribution in [0.25, 0.3) is 0 Å². The van der Waals surface area contributed by atoms with Crippen LogP contribution in [-0.4, -0.2) is 24.1 Å². The summed E-state index contributed by atoms with van der Waals surface area (Å²) in [4.78, 5) is 11.8. The Balaban J connectivity index is 2.29. The zero-order valence-corrected chi connectivity index (χ0v) is 11.2. The Kier molecular flexibility index (Phi) is 4.17. The molecule has 110 valence electrons. The fraction of sp³-hybridized carbons (Fsp3) is 0.538. The molecule has 0 aromatic heterocycles. The second-order valence-electron chi connectivity index (χ2n) is 5.17. The Labute approximate surface area is 115 Å². The first-order chi connectivity index (χ1) is 9.41. The van der Waals surface area contributed by atoms with Gasteiger partial charge in [0.05, 0.1) is 4.92 Å². The molecule has 1 aliphatic heterocycles. The molecule has 7 heteroatoms. The third-order valence-electron chi connectivity index (χ3n) is 3.84. The number of nitrogens with two attached hydrogens (primary N) is 1. The molecule has 0 saturated carbocycles. The van der Waals surface area contributed by atoms with Gasteiger partial charge in [0.2, 0.25) is 0 Å². The Morgan fingerprint density at radius 1 is 1.40 bits per heavy atom. The summed E-state index contributed by atoms with van der Waals surface area (Å²) < 4.78 is 27.3. The Bertz CT molecular complexity index is 515. The highest BCUT2D eigenvalue weighted by Crippen LogP contribution is 2.35. The summed E-state index contributed by atoms with van der Waals surface area (Å²) in [6, 6.07) is 1.82. The molecule has 0 aliphatic carbocycles. The van der Waals surface area contributed by atoms with Crippen LogP contribution in [0.2, 0.25) is 0 Å². The fourth-order valence-corrected chi connectivity index (χ4v) is 2.63. The van der Waals surface area contributed by atoms with Crippen LogP contribution in [-0.2, 0) is 0 Å². The normalized spacial score (nSPS) is 18.1. The van der Waals surface area contributed by atoms with Crippen molar-refractivity contribution in [3.05, 3.63) is 33.9 Å². The first-order valence-electron chi connectivity index (χ1n) is 6.54. The molecular weight excluding hydrogens is 268 g/mol. The van der Waals surface area contributed by atoms with Crippen molar-refractivity contribution in [1.82, 2.24) is 0 Å². The van der Waals surface area contributed by atoms with E-state index in [0.717, 1.165) is 12.1 Å². The molecule has 1 heterocycles. The van der Waals surface area contributed by atoms with E-state index < -0.39 is 22.2 Å². The fourth-order valence-electron chi connectivity index (χ4n) is 2.63. The number of nitro groups is 1. The second-order valence-corrected chi connectivity index (χ2v) is 5.17. The van der Waals surface area contributed by atoms with Crippen molar-refractivity contribution in [2.45, 2.75) is 25.8 Å². The molecule has 1 fully saturated rings. The summed E-state index contributed by atoms with van der Waals surface area (Å²) >= 11 is 0. The largest absolute Gasteiger partial charge is 0.363 e. The Morgan fingerprint density at radius 3 is 2.50 bits per heavy atom. The van der Waals surface area contributed by atoms with E-state index in [1.165, 1.54) is 4.90 Å². The molecule has 1 aliphatic rings. The van der Waals surface area contributed by atoms with Crippen LogP contribution in [0.3, 0.4) is 0 Å². The third-order valence-corrected chi connectivity index (χ3v) is 3.84. The summed E-state index contributed by atoms with van der Waals surface area (Å²) in [5, 5.41) is 11.0. The second kappa shape index (κ2) is 5.70. The lowest BCUT2D eigenvalue weighted by atomic mass is 9.90. The van der Waals surface area contributed by atoms with Gasteiger partial charge in [0.15, 0.2) is 17.3 Å². The lowest BCUT2D eigenvalue weighted by Gasteiger charge is -2.34. The molecule has 5 nitrogen and oxygen atoms in total. The minimum Gasteiger partial charge on any atom is -0.363 e. The van der Waals surface area contributed by atoms with Gasteiger partial charge in [0.25, 0.3) is 5.69 Å². The number of piperidine rings is 1. The maximum Gasteiger partial charge on any atom is 0.295 e. The lowest BCUT2D eigenvalue weighted by Crippen LogP contribution is -2.40. The first kappa shape index (κ1) is 14.6. The quantitative estimate of drug-likeness (QED) is 0.684. The minimum atomic E-state index is -1.15. The highest BCUT2D eigenvalue weighted by molar-refractivity contribution is 5.64. The zero-order valence-electron chi connectivity index (χ0n) is 11.2. The van der Waals surface area contributed by atoms with Gasteiger partial charge in [-0.1, -0.05) is 0 Å². The maximum atomic E-state index is 13.9. The van der Waals surface area contributed by atoms with Crippen LogP contribution in [0.4, 0.5) is 20.2 Å². The highest BCUT2D eigenvalue weighted by atomic mass is 19.2. The summed E-state index contributed by atoms with van der Waals surface area (Å²) in [7, 11) is 0. The van der Waals surface area contributed by atoms with Crippen molar-refractivity contribution in [2.75, 3.05) is 18.0 Å². The van der Waals surface area contributed by atoms with Gasteiger partial charge in [-0.2, -0.15) is 0 Å². The predicted molar refractivity (Wildman–Crippen MR) is 71.6 cm³/mol. The molecule has 1 saturated heterocycles. The van der Waals surface area contributed by atoms with E-state index in [4.69, 9.17) is 5.73 Å². The number of hydrogen-bond donors (Lipinski definition) is 1. The molecule has 20 heavy (non-hydrogen) atoms. The Morgan fingerprint density at radius 2 is 2.00 bits per heavy atom.